The van der Waals surface area contributed by atoms with Crippen molar-refractivity contribution in [3.05, 3.63) is 94.2 Å². The molecule has 0 radical (unpaired) electrons. The van der Waals surface area contributed by atoms with Gasteiger partial charge >= 0.3 is 0 Å². The van der Waals surface area contributed by atoms with Crippen molar-refractivity contribution in [2.45, 2.75) is 11.3 Å². The van der Waals surface area contributed by atoms with Gasteiger partial charge in [0.2, 0.25) is 10.0 Å². The first kappa shape index (κ1) is 23.5. The molecular formula is C24H20ClN3O5S. The summed E-state index contributed by atoms with van der Waals surface area (Å²) in [5.74, 6) is -0.230. The highest BCUT2D eigenvalue weighted by atomic mass is 35.5. The predicted octanol–water partition coefficient (Wildman–Crippen LogP) is 3.33. The van der Waals surface area contributed by atoms with Crippen LogP contribution in [-0.2, 0) is 21.2 Å². The van der Waals surface area contributed by atoms with E-state index in [-0.39, 0.29) is 16.6 Å². The van der Waals surface area contributed by atoms with Crippen LogP contribution in [0.4, 0.5) is 5.69 Å². The largest absolute Gasteiger partial charge is 0.449 e. The molecule has 1 aliphatic heterocycles. The molecule has 0 saturated carbocycles. The number of hydrogen-bond donors (Lipinski definition) is 3. The zero-order chi connectivity index (χ0) is 24.3. The van der Waals surface area contributed by atoms with Crippen LogP contribution in [0.25, 0.3) is 6.08 Å². The van der Waals surface area contributed by atoms with Gasteiger partial charge in [-0.15, -0.1) is 0 Å². The number of amides is 2. The fraction of sp³-hybridized carbons (Fsp3) is 0.0833. The minimum Gasteiger partial charge on any atom is -0.449 e. The summed E-state index contributed by atoms with van der Waals surface area (Å²) >= 11 is 5.99. The van der Waals surface area contributed by atoms with Crippen LogP contribution in [-0.4, -0.2) is 26.8 Å². The number of rotatable bonds is 6. The zero-order valence-electron chi connectivity index (χ0n) is 17.7. The molecule has 3 aromatic carbocycles. The van der Waals surface area contributed by atoms with Crippen LogP contribution in [0.5, 0.6) is 5.75 Å². The summed E-state index contributed by atoms with van der Waals surface area (Å²) in [6.45, 7) is 0.333. The fourth-order valence-electron chi connectivity index (χ4n) is 3.32. The first-order valence-electron chi connectivity index (χ1n) is 10.2. The number of carbonyl (C=O) groups is 2. The van der Waals surface area contributed by atoms with Gasteiger partial charge in [-0.05, 0) is 66.1 Å². The van der Waals surface area contributed by atoms with E-state index >= 15 is 0 Å². The summed E-state index contributed by atoms with van der Waals surface area (Å²) in [5.41, 5.74) is 2.31. The number of anilines is 1. The van der Waals surface area contributed by atoms with Gasteiger partial charge in [-0.3, -0.25) is 9.59 Å². The molecule has 0 fully saturated rings. The summed E-state index contributed by atoms with van der Waals surface area (Å²) in [7, 11) is -3.74. The predicted molar refractivity (Wildman–Crippen MR) is 129 cm³/mol. The first-order valence-corrected chi connectivity index (χ1v) is 12.1. The van der Waals surface area contributed by atoms with E-state index in [9.17, 15) is 18.0 Å². The van der Waals surface area contributed by atoms with Crippen LogP contribution in [0.1, 0.15) is 21.5 Å². The maximum absolute atomic E-state index is 12.5. The molecule has 4 N–H and O–H groups in total. The van der Waals surface area contributed by atoms with Gasteiger partial charge in [-0.2, -0.15) is 0 Å². The van der Waals surface area contributed by atoms with Crippen LogP contribution in [0.15, 0.2) is 77.4 Å². The highest BCUT2D eigenvalue weighted by molar-refractivity contribution is 7.89. The SMILES string of the molecule is NS(=O)(=O)c1ccc(CCNC(=O)c2ccc3c(c2)NC(=O)/C(=C/c2cccc(Cl)c2)O3)cc1. The van der Waals surface area contributed by atoms with E-state index in [1.54, 1.807) is 60.7 Å². The van der Waals surface area contributed by atoms with E-state index in [4.69, 9.17) is 21.5 Å². The molecule has 0 spiro atoms. The Morgan fingerprint density at radius 3 is 2.56 bits per heavy atom. The Morgan fingerprint density at radius 1 is 1.09 bits per heavy atom. The third-order valence-electron chi connectivity index (χ3n) is 5.03. The van der Waals surface area contributed by atoms with Crippen LogP contribution in [0.3, 0.4) is 0 Å². The van der Waals surface area contributed by atoms with Crippen LogP contribution < -0.4 is 20.5 Å². The van der Waals surface area contributed by atoms with Gasteiger partial charge in [0.25, 0.3) is 11.8 Å². The molecule has 0 bridgehead atoms. The second-order valence-corrected chi connectivity index (χ2v) is 9.52. The van der Waals surface area contributed by atoms with Crippen LogP contribution in [0.2, 0.25) is 5.02 Å². The maximum Gasteiger partial charge on any atom is 0.291 e. The third kappa shape index (κ3) is 5.63. The lowest BCUT2D eigenvalue weighted by molar-refractivity contribution is -0.115. The van der Waals surface area contributed by atoms with Gasteiger partial charge < -0.3 is 15.4 Å². The van der Waals surface area contributed by atoms with E-state index < -0.39 is 15.9 Å². The lowest BCUT2D eigenvalue weighted by Gasteiger charge is -2.20. The van der Waals surface area contributed by atoms with Crippen molar-refractivity contribution in [1.82, 2.24) is 5.32 Å². The number of carbonyl (C=O) groups excluding carboxylic acids is 2. The zero-order valence-corrected chi connectivity index (χ0v) is 19.3. The van der Waals surface area contributed by atoms with Gasteiger partial charge in [-0.1, -0.05) is 35.9 Å². The minimum absolute atomic E-state index is 0.0316. The van der Waals surface area contributed by atoms with Crippen molar-refractivity contribution in [2.24, 2.45) is 5.14 Å². The van der Waals surface area contributed by atoms with Gasteiger partial charge in [-0.25, -0.2) is 13.6 Å². The van der Waals surface area contributed by atoms with Crippen molar-refractivity contribution >= 4 is 45.2 Å². The van der Waals surface area contributed by atoms with Crippen molar-refractivity contribution in [1.29, 1.82) is 0 Å². The fourth-order valence-corrected chi connectivity index (χ4v) is 4.03. The molecule has 3 aromatic rings. The molecule has 174 valence electrons. The Labute approximate surface area is 201 Å². The molecule has 8 nitrogen and oxygen atoms in total. The summed E-state index contributed by atoms with van der Waals surface area (Å²) in [4.78, 5) is 25.0. The van der Waals surface area contributed by atoms with E-state index in [1.807, 2.05) is 0 Å². The Balaban J connectivity index is 1.39. The number of hydrogen-bond acceptors (Lipinski definition) is 5. The van der Waals surface area contributed by atoms with Crippen LogP contribution >= 0.6 is 11.6 Å². The standard InChI is InChI=1S/C24H20ClN3O5S/c25-18-3-1-2-16(12-18)13-22-24(30)28-20-14-17(6-9-21(20)33-22)23(29)27-11-10-15-4-7-19(8-5-15)34(26,31)32/h1-9,12-14H,10-11H2,(H,27,29)(H,28,30)(H2,26,31,32)/b22-13-. The van der Waals surface area contributed by atoms with Crippen molar-refractivity contribution < 1.29 is 22.7 Å². The third-order valence-corrected chi connectivity index (χ3v) is 6.20. The van der Waals surface area contributed by atoms with E-state index in [1.165, 1.54) is 12.1 Å². The summed E-state index contributed by atoms with van der Waals surface area (Å²) in [6.07, 6.45) is 2.08. The number of halogens is 1. The molecule has 0 atom stereocenters. The topological polar surface area (TPSA) is 128 Å². The maximum atomic E-state index is 12.5. The Bertz CT molecular complexity index is 1400. The Hall–Kier alpha value is -3.66. The normalized spacial score (nSPS) is 14.2. The molecule has 2 amide bonds. The molecule has 4 rings (SSSR count). The molecule has 0 aliphatic carbocycles. The highest BCUT2D eigenvalue weighted by Crippen LogP contribution is 2.32. The lowest BCUT2D eigenvalue weighted by atomic mass is 10.1. The van der Waals surface area contributed by atoms with Gasteiger partial charge in [0.1, 0.15) is 0 Å². The van der Waals surface area contributed by atoms with Crippen molar-refractivity contribution in [3.8, 4) is 5.75 Å². The molecule has 10 heteroatoms. The average Bonchev–Trinajstić information content (AvgIpc) is 2.79. The van der Waals surface area contributed by atoms with E-state index in [0.717, 1.165) is 11.1 Å². The van der Waals surface area contributed by atoms with Crippen molar-refractivity contribution in [3.63, 3.8) is 0 Å². The summed E-state index contributed by atoms with van der Waals surface area (Å²) < 4.78 is 28.4. The van der Waals surface area contributed by atoms with E-state index in [0.29, 0.717) is 35.0 Å². The number of nitrogens with one attached hydrogen (secondary N) is 2. The number of nitrogens with two attached hydrogens (primary N) is 1. The number of fused-ring (bicyclic) bond motifs is 1. The number of primary sulfonamides is 1. The van der Waals surface area contributed by atoms with Crippen LogP contribution in [0, 0.1) is 0 Å². The molecule has 0 aromatic heterocycles. The Morgan fingerprint density at radius 2 is 1.85 bits per heavy atom. The molecule has 34 heavy (non-hydrogen) atoms. The van der Waals surface area contributed by atoms with Gasteiger partial charge in [0.05, 0.1) is 10.6 Å². The summed E-state index contributed by atoms with van der Waals surface area (Å²) in [5, 5.41) is 11.2. The van der Waals surface area contributed by atoms with E-state index in [2.05, 4.69) is 10.6 Å². The molecule has 0 saturated heterocycles. The van der Waals surface area contributed by atoms with Gasteiger partial charge in [0.15, 0.2) is 11.5 Å². The smallest absolute Gasteiger partial charge is 0.291 e. The monoisotopic (exact) mass is 497 g/mol. The second-order valence-electron chi connectivity index (χ2n) is 7.53. The average molecular weight is 498 g/mol. The lowest BCUT2D eigenvalue weighted by Crippen LogP contribution is -2.27. The summed E-state index contributed by atoms with van der Waals surface area (Å²) in [6, 6.07) is 17.9. The molecular weight excluding hydrogens is 478 g/mol. The highest BCUT2D eigenvalue weighted by Gasteiger charge is 2.23. The number of ether oxygens (including phenoxy) is 1. The van der Waals surface area contributed by atoms with Crippen molar-refractivity contribution in [2.75, 3.05) is 11.9 Å². The molecule has 1 aliphatic rings. The first-order chi connectivity index (χ1) is 16.2. The molecule has 0 unspecified atom stereocenters. The number of sulfonamides is 1. The van der Waals surface area contributed by atoms with Gasteiger partial charge in [0, 0.05) is 17.1 Å². The quantitative estimate of drug-likeness (QED) is 0.450. The Kier molecular flexibility index (Phi) is 6.69. The molecule has 1 heterocycles. The second kappa shape index (κ2) is 9.68. The number of benzene rings is 3. The minimum atomic E-state index is -3.74.